The standard InChI is InChI=1S/C17H27NO3/c1-5-9-18-15-11-17(3,12-20-6-2)21-16-10-13(19-4)7-8-14(15)16/h7-8,10,15,18H,5-6,9,11-12H2,1-4H3. The molecule has 0 radical (unpaired) electrons. The Morgan fingerprint density at radius 1 is 1.38 bits per heavy atom. The van der Waals surface area contributed by atoms with E-state index >= 15 is 0 Å². The van der Waals surface area contributed by atoms with Gasteiger partial charge in [0.1, 0.15) is 17.1 Å². The number of hydrogen-bond acceptors (Lipinski definition) is 4. The second-order valence-electron chi connectivity index (χ2n) is 5.80. The summed E-state index contributed by atoms with van der Waals surface area (Å²) in [6, 6.07) is 6.36. The van der Waals surface area contributed by atoms with Crippen molar-refractivity contribution in [1.82, 2.24) is 5.32 Å². The van der Waals surface area contributed by atoms with Gasteiger partial charge in [-0.2, -0.15) is 0 Å². The lowest BCUT2D eigenvalue weighted by Gasteiger charge is -2.40. The molecule has 0 spiro atoms. The average Bonchev–Trinajstić information content (AvgIpc) is 2.49. The monoisotopic (exact) mass is 293 g/mol. The van der Waals surface area contributed by atoms with E-state index in [1.54, 1.807) is 7.11 Å². The quantitative estimate of drug-likeness (QED) is 0.837. The van der Waals surface area contributed by atoms with Crippen LogP contribution in [0, 0.1) is 0 Å². The Hall–Kier alpha value is -1.26. The van der Waals surface area contributed by atoms with Crippen LogP contribution in [-0.4, -0.2) is 32.5 Å². The van der Waals surface area contributed by atoms with Gasteiger partial charge in [-0.1, -0.05) is 13.0 Å². The molecular weight excluding hydrogens is 266 g/mol. The highest BCUT2D eigenvalue weighted by Crippen LogP contribution is 2.41. The number of ether oxygens (including phenoxy) is 3. The van der Waals surface area contributed by atoms with E-state index in [2.05, 4.69) is 25.2 Å². The van der Waals surface area contributed by atoms with Gasteiger partial charge in [0.15, 0.2) is 0 Å². The van der Waals surface area contributed by atoms with Gasteiger partial charge in [0.25, 0.3) is 0 Å². The molecule has 0 amide bonds. The SMILES string of the molecule is CCCNC1CC(C)(COCC)Oc2cc(OC)ccc21. The van der Waals surface area contributed by atoms with E-state index in [1.165, 1.54) is 5.56 Å². The number of fused-ring (bicyclic) bond motifs is 1. The van der Waals surface area contributed by atoms with Crippen molar-refractivity contribution < 1.29 is 14.2 Å². The van der Waals surface area contributed by atoms with Gasteiger partial charge in [-0.05, 0) is 32.9 Å². The minimum atomic E-state index is -0.305. The van der Waals surface area contributed by atoms with E-state index in [4.69, 9.17) is 14.2 Å². The van der Waals surface area contributed by atoms with E-state index in [1.807, 2.05) is 19.1 Å². The summed E-state index contributed by atoms with van der Waals surface area (Å²) in [4.78, 5) is 0. The largest absolute Gasteiger partial charge is 0.497 e. The normalized spacial score (nSPS) is 24.3. The zero-order chi connectivity index (χ0) is 15.3. The molecule has 0 fully saturated rings. The van der Waals surface area contributed by atoms with Crippen molar-refractivity contribution in [2.24, 2.45) is 0 Å². The smallest absolute Gasteiger partial charge is 0.131 e. The maximum Gasteiger partial charge on any atom is 0.131 e. The fourth-order valence-corrected chi connectivity index (χ4v) is 2.77. The summed E-state index contributed by atoms with van der Waals surface area (Å²) < 4.78 is 17.2. The molecule has 2 rings (SSSR count). The molecule has 1 aliphatic heterocycles. The van der Waals surface area contributed by atoms with Crippen molar-refractivity contribution in [2.75, 3.05) is 26.9 Å². The Labute approximate surface area is 127 Å². The highest BCUT2D eigenvalue weighted by molar-refractivity contribution is 5.44. The van der Waals surface area contributed by atoms with E-state index in [-0.39, 0.29) is 5.60 Å². The molecule has 1 aromatic carbocycles. The zero-order valence-corrected chi connectivity index (χ0v) is 13.6. The number of benzene rings is 1. The summed E-state index contributed by atoms with van der Waals surface area (Å²) in [5, 5.41) is 3.62. The van der Waals surface area contributed by atoms with E-state index in [0.29, 0.717) is 19.3 Å². The molecular formula is C17H27NO3. The first-order valence-corrected chi connectivity index (χ1v) is 7.80. The van der Waals surface area contributed by atoms with E-state index < -0.39 is 0 Å². The van der Waals surface area contributed by atoms with Crippen LogP contribution < -0.4 is 14.8 Å². The lowest BCUT2D eigenvalue weighted by molar-refractivity contribution is -0.0333. The van der Waals surface area contributed by atoms with Gasteiger partial charge in [0.2, 0.25) is 0 Å². The maximum atomic E-state index is 6.23. The predicted molar refractivity (Wildman–Crippen MR) is 84.2 cm³/mol. The van der Waals surface area contributed by atoms with Crippen LogP contribution in [0.15, 0.2) is 18.2 Å². The third-order valence-electron chi connectivity index (χ3n) is 3.84. The molecule has 0 aromatic heterocycles. The maximum absolute atomic E-state index is 6.23. The summed E-state index contributed by atoms with van der Waals surface area (Å²) in [6.07, 6.45) is 2.03. The summed E-state index contributed by atoms with van der Waals surface area (Å²) in [5.41, 5.74) is 0.902. The Kier molecular flexibility index (Phi) is 5.48. The molecule has 4 heteroatoms. The molecule has 1 N–H and O–H groups in total. The first-order chi connectivity index (χ1) is 10.1. The van der Waals surface area contributed by atoms with Crippen LogP contribution in [0.2, 0.25) is 0 Å². The Bertz CT molecular complexity index is 463. The van der Waals surface area contributed by atoms with Crippen molar-refractivity contribution in [3.63, 3.8) is 0 Å². The summed E-state index contributed by atoms with van der Waals surface area (Å²) >= 11 is 0. The van der Waals surface area contributed by atoms with Gasteiger partial charge in [-0.25, -0.2) is 0 Å². The van der Waals surface area contributed by atoms with Gasteiger partial charge >= 0.3 is 0 Å². The second kappa shape index (κ2) is 7.14. The number of methoxy groups -OCH3 is 1. The van der Waals surface area contributed by atoms with Crippen molar-refractivity contribution in [3.8, 4) is 11.5 Å². The molecule has 0 saturated carbocycles. The second-order valence-corrected chi connectivity index (χ2v) is 5.80. The van der Waals surface area contributed by atoms with Crippen molar-refractivity contribution in [1.29, 1.82) is 0 Å². The molecule has 2 atom stereocenters. The molecule has 1 aliphatic rings. The molecule has 1 aromatic rings. The molecule has 21 heavy (non-hydrogen) atoms. The molecule has 2 unspecified atom stereocenters. The van der Waals surface area contributed by atoms with Gasteiger partial charge in [0, 0.05) is 30.7 Å². The Balaban J connectivity index is 2.26. The first kappa shape index (κ1) is 16.1. The third kappa shape index (κ3) is 3.89. The Morgan fingerprint density at radius 2 is 2.19 bits per heavy atom. The van der Waals surface area contributed by atoms with Crippen LogP contribution in [0.25, 0.3) is 0 Å². The fraction of sp³-hybridized carbons (Fsp3) is 0.647. The molecule has 4 nitrogen and oxygen atoms in total. The number of rotatable bonds is 7. The topological polar surface area (TPSA) is 39.7 Å². The highest BCUT2D eigenvalue weighted by atomic mass is 16.5. The molecule has 1 heterocycles. The van der Waals surface area contributed by atoms with Crippen molar-refractivity contribution in [2.45, 2.75) is 45.3 Å². The summed E-state index contributed by atoms with van der Waals surface area (Å²) in [6.45, 7) is 8.62. The zero-order valence-electron chi connectivity index (χ0n) is 13.6. The number of nitrogens with one attached hydrogen (secondary N) is 1. The van der Waals surface area contributed by atoms with Gasteiger partial charge in [-0.3, -0.25) is 0 Å². The van der Waals surface area contributed by atoms with Crippen molar-refractivity contribution >= 4 is 0 Å². The average molecular weight is 293 g/mol. The Morgan fingerprint density at radius 3 is 2.86 bits per heavy atom. The highest BCUT2D eigenvalue weighted by Gasteiger charge is 2.37. The predicted octanol–water partition coefficient (Wildman–Crippen LogP) is 3.31. The summed E-state index contributed by atoms with van der Waals surface area (Å²) in [5.74, 6) is 1.72. The molecule has 0 aliphatic carbocycles. The minimum Gasteiger partial charge on any atom is -0.497 e. The summed E-state index contributed by atoms with van der Waals surface area (Å²) in [7, 11) is 1.68. The van der Waals surface area contributed by atoms with Gasteiger partial charge in [-0.15, -0.1) is 0 Å². The lowest BCUT2D eigenvalue weighted by Crippen LogP contribution is -2.45. The molecule has 118 valence electrons. The van der Waals surface area contributed by atoms with Gasteiger partial charge < -0.3 is 19.5 Å². The molecule has 0 saturated heterocycles. The molecule has 0 bridgehead atoms. The van der Waals surface area contributed by atoms with Crippen LogP contribution in [0.4, 0.5) is 0 Å². The van der Waals surface area contributed by atoms with E-state index in [0.717, 1.165) is 30.9 Å². The van der Waals surface area contributed by atoms with Crippen LogP contribution in [-0.2, 0) is 4.74 Å². The van der Waals surface area contributed by atoms with Crippen LogP contribution in [0.1, 0.15) is 45.2 Å². The minimum absolute atomic E-state index is 0.296. The van der Waals surface area contributed by atoms with E-state index in [9.17, 15) is 0 Å². The first-order valence-electron chi connectivity index (χ1n) is 7.80. The number of hydrogen-bond donors (Lipinski definition) is 1. The van der Waals surface area contributed by atoms with Crippen LogP contribution >= 0.6 is 0 Å². The van der Waals surface area contributed by atoms with Crippen LogP contribution in [0.5, 0.6) is 11.5 Å². The van der Waals surface area contributed by atoms with Gasteiger partial charge in [0.05, 0.1) is 13.7 Å². The third-order valence-corrected chi connectivity index (χ3v) is 3.84. The lowest BCUT2D eigenvalue weighted by atomic mass is 9.88. The fourth-order valence-electron chi connectivity index (χ4n) is 2.77. The van der Waals surface area contributed by atoms with Crippen molar-refractivity contribution in [3.05, 3.63) is 23.8 Å². The van der Waals surface area contributed by atoms with Crippen LogP contribution in [0.3, 0.4) is 0 Å².